The Labute approximate surface area is 102 Å². The van der Waals surface area contributed by atoms with E-state index in [1.807, 2.05) is 24.3 Å². The van der Waals surface area contributed by atoms with Crippen LogP contribution in [0.5, 0.6) is 0 Å². The van der Waals surface area contributed by atoms with Crippen LogP contribution in [0.1, 0.15) is 12.0 Å². The fraction of sp³-hybridized carbons (Fsp3) is 0.417. The second-order valence-corrected chi connectivity index (χ2v) is 4.12. The molecule has 0 saturated carbocycles. The molecule has 16 heavy (non-hydrogen) atoms. The maximum absolute atomic E-state index is 5.54. The van der Waals surface area contributed by atoms with E-state index in [9.17, 15) is 0 Å². The van der Waals surface area contributed by atoms with E-state index in [4.69, 9.17) is 22.7 Å². The normalized spacial score (nSPS) is 10.1. The van der Waals surface area contributed by atoms with Crippen molar-refractivity contribution >= 4 is 22.9 Å². The Morgan fingerprint density at radius 2 is 2.00 bits per heavy atom. The van der Waals surface area contributed by atoms with Crippen LogP contribution in [-0.4, -0.2) is 32.3 Å². The van der Waals surface area contributed by atoms with Crippen LogP contribution in [0.25, 0.3) is 0 Å². The first-order valence-electron chi connectivity index (χ1n) is 5.25. The van der Waals surface area contributed by atoms with Gasteiger partial charge in [-0.1, -0.05) is 12.2 Å². The zero-order chi connectivity index (χ0) is 12.0. The van der Waals surface area contributed by atoms with Crippen LogP contribution in [-0.2, 0) is 4.74 Å². The first-order chi connectivity index (χ1) is 7.65. The van der Waals surface area contributed by atoms with E-state index in [2.05, 4.69) is 11.9 Å². The second kappa shape index (κ2) is 6.45. The molecule has 0 atom stereocenters. The van der Waals surface area contributed by atoms with Crippen LogP contribution in [0.2, 0.25) is 0 Å². The van der Waals surface area contributed by atoms with E-state index >= 15 is 0 Å². The third-order valence-electron chi connectivity index (χ3n) is 2.43. The van der Waals surface area contributed by atoms with Crippen molar-refractivity contribution in [2.45, 2.75) is 6.42 Å². The third-order valence-corrected chi connectivity index (χ3v) is 2.67. The largest absolute Gasteiger partial charge is 0.389 e. The highest BCUT2D eigenvalue weighted by Crippen LogP contribution is 2.13. The molecule has 1 aromatic rings. The molecule has 0 heterocycles. The third kappa shape index (κ3) is 3.79. The number of ether oxygens (including phenoxy) is 1. The highest BCUT2D eigenvalue weighted by molar-refractivity contribution is 7.80. The van der Waals surface area contributed by atoms with Crippen molar-refractivity contribution in [3.05, 3.63) is 29.8 Å². The van der Waals surface area contributed by atoms with Crippen LogP contribution in [0, 0.1) is 0 Å². The van der Waals surface area contributed by atoms with Gasteiger partial charge in [0.15, 0.2) is 0 Å². The number of nitrogens with zero attached hydrogens (tertiary/aromatic N) is 1. The number of rotatable bonds is 6. The molecule has 88 valence electrons. The fourth-order valence-electron chi connectivity index (χ4n) is 1.46. The van der Waals surface area contributed by atoms with Crippen molar-refractivity contribution < 1.29 is 4.74 Å². The number of anilines is 1. The molecular formula is C12H18N2OS. The van der Waals surface area contributed by atoms with Crippen LogP contribution < -0.4 is 10.6 Å². The number of methoxy groups -OCH3 is 1. The molecule has 0 aromatic heterocycles. The van der Waals surface area contributed by atoms with Crippen LogP contribution >= 0.6 is 12.2 Å². The Hall–Kier alpha value is -1.13. The molecule has 0 unspecified atom stereocenters. The quantitative estimate of drug-likeness (QED) is 0.606. The second-order valence-electron chi connectivity index (χ2n) is 3.68. The van der Waals surface area contributed by atoms with Gasteiger partial charge in [0, 0.05) is 38.6 Å². The van der Waals surface area contributed by atoms with Crippen molar-refractivity contribution in [1.29, 1.82) is 0 Å². The van der Waals surface area contributed by atoms with Gasteiger partial charge in [-0.05, 0) is 30.7 Å². The van der Waals surface area contributed by atoms with Crippen molar-refractivity contribution in [1.82, 2.24) is 0 Å². The number of nitrogens with two attached hydrogens (primary N) is 1. The van der Waals surface area contributed by atoms with Gasteiger partial charge in [-0.2, -0.15) is 0 Å². The lowest BCUT2D eigenvalue weighted by molar-refractivity contribution is 0.196. The van der Waals surface area contributed by atoms with Gasteiger partial charge in [0.2, 0.25) is 0 Å². The maximum atomic E-state index is 5.54. The minimum atomic E-state index is 0.439. The monoisotopic (exact) mass is 238 g/mol. The summed E-state index contributed by atoms with van der Waals surface area (Å²) in [4.78, 5) is 2.62. The fourth-order valence-corrected chi connectivity index (χ4v) is 1.59. The Morgan fingerprint density at radius 3 is 2.50 bits per heavy atom. The van der Waals surface area contributed by atoms with E-state index in [1.54, 1.807) is 7.11 Å². The van der Waals surface area contributed by atoms with Gasteiger partial charge in [-0.3, -0.25) is 0 Å². The molecule has 1 aromatic carbocycles. The summed E-state index contributed by atoms with van der Waals surface area (Å²) in [5, 5.41) is 0. The number of benzene rings is 1. The summed E-state index contributed by atoms with van der Waals surface area (Å²) in [7, 11) is 3.78. The molecule has 0 saturated heterocycles. The minimum absolute atomic E-state index is 0.439. The standard InChI is InChI=1S/C12H18N2OS/c1-14(8-3-9-15-2)11-6-4-10(5-7-11)12(13)16/h4-7H,3,8-9H2,1-2H3,(H2,13,16). The van der Waals surface area contributed by atoms with Crippen molar-refractivity contribution in [2.24, 2.45) is 5.73 Å². The summed E-state index contributed by atoms with van der Waals surface area (Å²) >= 11 is 4.90. The molecule has 3 nitrogen and oxygen atoms in total. The topological polar surface area (TPSA) is 38.5 Å². The summed E-state index contributed by atoms with van der Waals surface area (Å²) in [5.74, 6) is 0. The van der Waals surface area contributed by atoms with Crippen LogP contribution in [0.15, 0.2) is 24.3 Å². The molecule has 0 aliphatic carbocycles. The molecule has 4 heteroatoms. The number of hydrogen-bond acceptors (Lipinski definition) is 3. The highest BCUT2D eigenvalue weighted by atomic mass is 32.1. The summed E-state index contributed by atoms with van der Waals surface area (Å²) in [6.07, 6.45) is 1.02. The number of thiocarbonyl (C=S) groups is 1. The number of hydrogen-bond donors (Lipinski definition) is 1. The summed E-state index contributed by atoms with van der Waals surface area (Å²) in [5.41, 5.74) is 7.61. The van der Waals surface area contributed by atoms with Crippen LogP contribution in [0.3, 0.4) is 0 Å². The maximum Gasteiger partial charge on any atom is 0.103 e. The van der Waals surface area contributed by atoms with Gasteiger partial charge < -0.3 is 15.4 Å². The van der Waals surface area contributed by atoms with E-state index in [1.165, 1.54) is 0 Å². The van der Waals surface area contributed by atoms with E-state index in [0.717, 1.165) is 30.8 Å². The summed E-state index contributed by atoms with van der Waals surface area (Å²) < 4.78 is 5.02. The summed E-state index contributed by atoms with van der Waals surface area (Å²) in [6.45, 7) is 1.76. The zero-order valence-corrected chi connectivity index (χ0v) is 10.6. The molecule has 0 amide bonds. The van der Waals surface area contributed by atoms with E-state index < -0.39 is 0 Å². The molecule has 0 aliphatic heterocycles. The van der Waals surface area contributed by atoms with Gasteiger partial charge in [0.05, 0.1) is 0 Å². The first kappa shape index (κ1) is 12.9. The van der Waals surface area contributed by atoms with Crippen molar-refractivity contribution in [2.75, 3.05) is 32.2 Å². The molecule has 2 N–H and O–H groups in total. The molecule has 0 spiro atoms. The van der Waals surface area contributed by atoms with E-state index in [0.29, 0.717) is 4.99 Å². The molecule has 0 bridgehead atoms. The average Bonchev–Trinajstić information content (AvgIpc) is 2.29. The Bertz CT molecular complexity index is 337. The first-order valence-corrected chi connectivity index (χ1v) is 5.66. The lowest BCUT2D eigenvalue weighted by atomic mass is 10.2. The smallest absolute Gasteiger partial charge is 0.103 e. The lowest BCUT2D eigenvalue weighted by Gasteiger charge is -2.19. The Balaban J connectivity index is 2.56. The predicted molar refractivity (Wildman–Crippen MR) is 72.1 cm³/mol. The van der Waals surface area contributed by atoms with Gasteiger partial charge >= 0.3 is 0 Å². The molecular weight excluding hydrogens is 220 g/mol. The van der Waals surface area contributed by atoms with Gasteiger partial charge in [0.1, 0.15) is 4.99 Å². The SMILES string of the molecule is COCCCN(C)c1ccc(C(N)=S)cc1. The predicted octanol–water partition coefficient (Wildman–Crippen LogP) is 1.79. The zero-order valence-electron chi connectivity index (χ0n) is 9.77. The molecule has 0 aliphatic rings. The average molecular weight is 238 g/mol. The minimum Gasteiger partial charge on any atom is -0.389 e. The lowest BCUT2D eigenvalue weighted by Crippen LogP contribution is -2.19. The van der Waals surface area contributed by atoms with Crippen molar-refractivity contribution in [3.8, 4) is 0 Å². The van der Waals surface area contributed by atoms with Crippen molar-refractivity contribution in [3.63, 3.8) is 0 Å². The Morgan fingerprint density at radius 1 is 1.38 bits per heavy atom. The Kier molecular flexibility index (Phi) is 5.22. The van der Waals surface area contributed by atoms with Gasteiger partial charge in [-0.25, -0.2) is 0 Å². The summed E-state index contributed by atoms with van der Waals surface area (Å²) in [6, 6.07) is 7.96. The molecule has 0 fully saturated rings. The van der Waals surface area contributed by atoms with Gasteiger partial charge in [0.25, 0.3) is 0 Å². The van der Waals surface area contributed by atoms with Crippen LogP contribution in [0.4, 0.5) is 5.69 Å². The van der Waals surface area contributed by atoms with Gasteiger partial charge in [-0.15, -0.1) is 0 Å². The molecule has 1 rings (SSSR count). The van der Waals surface area contributed by atoms with E-state index in [-0.39, 0.29) is 0 Å². The molecule has 0 radical (unpaired) electrons. The highest BCUT2D eigenvalue weighted by Gasteiger charge is 2.01.